The summed E-state index contributed by atoms with van der Waals surface area (Å²) in [6, 6.07) is 10.7. The molecule has 0 fully saturated rings. The van der Waals surface area contributed by atoms with Crippen LogP contribution in [0, 0.1) is 11.6 Å². The van der Waals surface area contributed by atoms with E-state index in [9.17, 15) is 13.9 Å². The van der Waals surface area contributed by atoms with Gasteiger partial charge in [0.05, 0.1) is 13.2 Å². The predicted molar refractivity (Wildman–Crippen MR) is 80.7 cm³/mol. The van der Waals surface area contributed by atoms with Gasteiger partial charge in [0, 0.05) is 18.2 Å². The summed E-state index contributed by atoms with van der Waals surface area (Å²) in [5.74, 6) is -1.08. The van der Waals surface area contributed by atoms with E-state index in [0.29, 0.717) is 11.3 Å². The molecule has 22 heavy (non-hydrogen) atoms. The predicted octanol–water partition coefficient (Wildman–Crippen LogP) is 3.36. The number of aliphatic hydroxyl groups is 1. The summed E-state index contributed by atoms with van der Waals surface area (Å²) in [6.07, 6.45) is -0.769. The third-order valence-corrected chi connectivity index (χ3v) is 3.54. The molecule has 3 nitrogen and oxygen atoms in total. The Morgan fingerprint density at radius 1 is 1.18 bits per heavy atom. The van der Waals surface area contributed by atoms with Gasteiger partial charge in [-0.3, -0.25) is 0 Å². The van der Waals surface area contributed by atoms with E-state index >= 15 is 0 Å². The van der Waals surface area contributed by atoms with Gasteiger partial charge < -0.3 is 15.2 Å². The highest BCUT2D eigenvalue weighted by molar-refractivity contribution is 5.30. The molecule has 0 aliphatic carbocycles. The minimum Gasteiger partial charge on any atom is -0.497 e. The molecule has 0 bridgehead atoms. The topological polar surface area (TPSA) is 41.5 Å². The zero-order valence-corrected chi connectivity index (χ0v) is 12.5. The Hall–Kier alpha value is -1.98. The maximum atomic E-state index is 13.7. The monoisotopic (exact) mass is 307 g/mol. The van der Waals surface area contributed by atoms with Crippen LogP contribution >= 0.6 is 0 Å². The zero-order chi connectivity index (χ0) is 16.1. The van der Waals surface area contributed by atoms with Crippen molar-refractivity contribution in [3.63, 3.8) is 0 Å². The van der Waals surface area contributed by atoms with Gasteiger partial charge in [0.2, 0.25) is 0 Å². The van der Waals surface area contributed by atoms with Gasteiger partial charge in [0.15, 0.2) is 11.6 Å². The van der Waals surface area contributed by atoms with Gasteiger partial charge >= 0.3 is 0 Å². The van der Waals surface area contributed by atoms with Crippen LogP contribution in [0.3, 0.4) is 0 Å². The quantitative estimate of drug-likeness (QED) is 0.860. The molecule has 0 radical (unpaired) electrons. The van der Waals surface area contributed by atoms with Crippen LogP contribution in [0.4, 0.5) is 8.78 Å². The Balaban J connectivity index is 2.01. The summed E-state index contributed by atoms with van der Waals surface area (Å²) in [4.78, 5) is 0. The fraction of sp³-hybridized carbons (Fsp3) is 0.294. The summed E-state index contributed by atoms with van der Waals surface area (Å²) < 4.78 is 32.0. The summed E-state index contributed by atoms with van der Waals surface area (Å²) >= 11 is 0. The molecule has 0 aliphatic rings. The van der Waals surface area contributed by atoms with Gasteiger partial charge in [0.1, 0.15) is 5.75 Å². The number of hydrogen-bond donors (Lipinski definition) is 2. The fourth-order valence-electron chi connectivity index (χ4n) is 2.22. The Morgan fingerprint density at radius 2 is 1.91 bits per heavy atom. The van der Waals surface area contributed by atoms with E-state index < -0.39 is 23.8 Å². The van der Waals surface area contributed by atoms with Gasteiger partial charge in [-0.1, -0.05) is 24.3 Å². The Kier molecular flexibility index (Phi) is 5.46. The number of aliphatic hydroxyl groups excluding tert-OH is 1. The third-order valence-electron chi connectivity index (χ3n) is 3.54. The molecular weight excluding hydrogens is 288 g/mol. The fourth-order valence-corrected chi connectivity index (χ4v) is 2.22. The van der Waals surface area contributed by atoms with Crippen LogP contribution in [0.2, 0.25) is 0 Å². The van der Waals surface area contributed by atoms with Crippen molar-refractivity contribution in [1.29, 1.82) is 0 Å². The van der Waals surface area contributed by atoms with Crippen LogP contribution in [0.1, 0.15) is 30.2 Å². The number of rotatable bonds is 6. The molecule has 2 atom stereocenters. The number of halogens is 2. The zero-order valence-electron chi connectivity index (χ0n) is 12.5. The first-order valence-electron chi connectivity index (χ1n) is 7.02. The van der Waals surface area contributed by atoms with Crippen molar-refractivity contribution in [3.8, 4) is 5.75 Å². The molecule has 0 saturated heterocycles. The second-order valence-corrected chi connectivity index (χ2v) is 5.07. The summed E-state index contributed by atoms with van der Waals surface area (Å²) in [5.41, 5.74) is 0.927. The minimum absolute atomic E-state index is 0.213. The summed E-state index contributed by atoms with van der Waals surface area (Å²) in [7, 11) is 1.55. The first-order valence-corrected chi connectivity index (χ1v) is 7.02. The first-order chi connectivity index (χ1) is 10.5. The van der Waals surface area contributed by atoms with E-state index in [4.69, 9.17) is 4.74 Å². The number of hydrogen-bond acceptors (Lipinski definition) is 3. The van der Waals surface area contributed by atoms with Crippen LogP contribution in [-0.2, 0) is 0 Å². The van der Waals surface area contributed by atoms with Crippen LogP contribution < -0.4 is 10.1 Å². The van der Waals surface area contributed by atoms with Gasteiger partial charge in [-0.25, -0.2) is 8.78 Å². The molecule has 0 aliphatic heterocycles. The highest BCUT2D eigenvalue weighted by Gasteiger charge is 2.16. The lowest BCUT2D eigenvalue weighted by Crippen LogP contribution is -2.25. The number of methoxy groups -OCH3 is 1. The van der Waals surface area contributed by atoms with Gasteiger partial charge in [-0.05, 0) is 30.7 Å². The van der Waals surface area contributed by atoms with Crippen LogP contribution in [-0.4, -0.2) is 18.8 Å². The molecule has 2 rings (SSSR count). The van der Waals surface area contributed by atoms with E-state index in [1.54, 1.807) is 38.3 Å². The SMILES string of the molecule is COc1cccc(C(O)CNC(C)c2cccc(F)c2F)c1. The second kappa shape index (κ2) is 7.33. The molecular formula is C17H19F2NO2. The molecule has 0 aromatic heterocycles. The molecule has 2 unspecified atom stereocenters. The minimum atomic E-state index is -0.875. The third kappa shape index (κ3) is 3.81. The summed E-state index contributed by atoms with van der Waals surface area (Å²) in [6.45, 7) is 1.93. The van der Waals surface area contributed by atoms with Crippen LogP contribution in [0.15, 0.2) is 42.5 Å². The standard InChI is InChI=1S/C17H19F2NO2/c1-11(14-7-4-8-15(18)17(14)19)20-10-16(21)12-5-3-6-13(9-12)22-2/h3-9,11,16,20-21H,10H2,1-2H3. The Bertz CT molecular complexity index is 634. The maximum Gasteiger partial charge on any atom is 0.163 e. The molecule has 0 saturated carbocycles. The molecule has 2 aromatic carbocycles. The molecule has 118 valence electrons. The number of ether oxygens (including phenoxy) is 1. The molecule has 0 amide bonds. The normalized spacial score (nSPS) is 13.7. The highest BCUT2D eigenvalue weighted by atomic mass is 19.2. The second-order valence-electron chi connectivity index (χ2n) is 5.07. The van der Waals surface area contributed by atoms with E-state index in [1.807, 2.05) is 0 Å². The lowest BCUT2D eigenvalue weighted by molar-refractivity contribution is 0.170. The molecule has 0 heterocycles. The van der Waals surface area contributed by atoms with Crippen molar-refractivity contribution in [2.75, 3.05) is 13.7 Å². The van der Waals surface area contributed by atoms with Crippen LogP contribution in [0.25, 0.3) is 0 Å². The lowest BCUT2D eigenvalue weighted by atomic mass is 10.1. The Morgan fingerprint density at radius 3 is 2.64 bits per heavy atom. The van der Waals surface area contributed by atoms with Crippen molar-refractivity contribution < 1.29 is 18.6 Å². The molecule has 5 heteroatoms. The number of benzene rings is 2. The lowest BCUT2D eigenvalue weighted by Gasteiger charge is -2.18. The van der Waals surface area contributed by atoms with Gasteiger partial charge in [-0.2, -0.15) is 0 Å². The van der Waals surface area contributed by atoms with Crippen molar-refractivity contribution >= 4 is 0 Å². The first kappa shape index (κ1) is 16.4. The average molecular weight is 307 g/mol. The van der Waals surface area contributed by atoms with E-state index in [2.05, 4.69) is 5.32 Å². The van der Waals surface area contributed by atoms with Crippen molar-refractivity contribution in [2.24, 2.45) is 0 Å². The van der Waals surface area contributed by atoms with Crippen molar-refractivity contribution in [3.05, 3.63) is 65.2 Å². The molecule has 2 aromatic rings. The summed E-state index contributed by atoms with van der Waals surface area (Å²) in [5, 5.41) is 13.2. The van der Waals surface area contributed by atoms with Crippen molar-refractivity contribution in [1.82, 2.24) is 5.32 Å². The smallest absolute Gasteiger partial charge is 0.163 e. The van der Waals surface area contributed by atoms with E-state index in [-0.39, 0.29) is 12.1 Å². The molecule has 2 N–H and O–H groups in total. The van der Waals surface area contributed by atoms with Gasteiger partial charge in [-0.15, -0.1) is 0 Å². The average Bonchev–Trinajstić information content (AvgIpc) is 2.54. The van der Waals surface area contributed by atoms with E-state index in [1.165, 1.54) is 12.1 Å². The number of nitrogens with one attached hydrogen (secondary N) is 1. The Labute approximate surface area is 128 Å². The maximum absolute atomic E-state index is 13.7. The highest BCUT2D eigenvalue weighted by Crippen LogP contribution is 2.21. The van der Waals surface area contributed by atoms with Crippen LogP contribution in [0.5, 0.6) is 5.75 Å². The van der Waals surface area contributed by atoms with Gasteiger partial charge in [0.25, 0.3) is 0 Å². The molecule has 0 spiro atoms. The van der Waals surface area contributed by atoms with E-state index in [0.717, 1.165) is 6.07 Å². The largest absolute Gasteiger partial charge is 0.497 e. The van der Waals surface area contributed by atoms with Crippen molar-refractivity contribution in [2.45, 2.75) is 19.1 Å².